The first-order chi connectivity index (χ1) is 17.9. The maximum absolute atomic E-state index is 13.2. The number of likely N-dealkylation sites (tertiary alicyclic amines) is 1. The number of nitrogens with zero attached hydrogens (tertiary/aromatic N) is 3. The Morgan fingerprint density at radius 1 is 1.16 bits per heavy atom. The predicted octanol–water partition coefficient (Wildman–Crippen LogP) is 2.84. The Balaban J connectivity index is 1.26. The molecular weight excluding hydrogens is 516 g/mol. The third-order valence-corrected chi connectivity index (χ3v) is 9.88. The standard InChI is InChI=1S/C25H32N4O6S2/c1-29-11-8-18(9-12-29)34-16-20-14-26-25(36-20)27-24(30)23(28-35-19-10-13-33-15-19)17-2-4-21(5-3-17)37(31,32)22-6-7-22/h2-5,14,18-19,22H,6-13,15-16H2,1H3,(H,26,27,30)/t19-/m1/s1. The van der Waals surface area contributed by atoms with Crippen LogP contribution >= 0.6 is 11.3 Å². The molecule has 1 saturated carbocycles. The molecule has 1 aliphatic carbocycles. The summed E-state index contributed by atoms with van der Waals surface area (Å²) in [5, 5.41) is 7.07. The average Bonchev–Trinajstić information content (AvgIpc) is 3.47. The molecule has 3 aliphatic rings. The molecular formula is C25H32N4O6S2. The summed E-state index contributed by atoms with van der Waals surface area (Å²) in [5.74, 6) is -0.492. The Morgan fingerprint density at radius 3 is 2.59 bits per heavy atom. The van der Waals surface area contributed by atoms with E-state index in [0.717, 1.165) is 30.8 Å². The second kappa shape index (κ2) is 11.6. The first-order valence-corrected chi connectivity index (χ1v) is 15.0. The third-order valence-electron chi connectivity index (χ3n) is 6.72. The first-order valence-electron chi connectivity index (χ1n) is 12.6. The Hall–Kier alpha value is -2.38. The highest BCUT2D eigenvalue weighted by atomic mass is 32.2. The molecule has 200 valence electrons. The normalized spacial score (nSPS) is 21.8. The second-order valence-corrected chi connectivity index (χ2v) is 13.0. The van der Waals surface area contributed by atoms with Gasteiger partial charge in [-0.3, -0.25) is 10.1 Å². The molecule has 0 bridgehead atoms. The average molecular weight is 549 g/mol. The zero-order valence-corrected chi connectivity index (χ0v) is 22.4. The molecule has 2 aromatic rings. The van der Waals surface area contributed by atoms with Crippen LogP contribution in [-0.4, -0.2) is 80.7 Å². The fourth-order valence-electron chi connectivity index (χ4n) is 4.26. The Bertz CT molecular complexity index is 1210. The van der Waals surface area contributed by atoms with Gasteiger partial charge >= 0.3 is 0 Å². The van der Waals surface area contributed by atoms with Gasteiger partial charge in [-0.25, -0.2) is 13.4 Å². The number of oxime groups is 1. The SMILES string of the molecule is CN1CCC(OCc2cnc(NC(=O)C(=NO[C@@H]3CCOC3)c3ccc(S(=O)(=O)C4CC4)cc3)s2)CC1. The maximum atomic E-state index is 13.2. The van der Waals surface area contributed by atoms with Gasteiger partial charge in [0.2, 0.25) is 0 Å². The number of nitrogens with one attached hydrogen (secondary N) is 1. The monoisotopic (exact) mass is 548 g/mol. The summed E-state index contributed by atoms with van der Waals surface area (Å²) in [5.41, 5.74) is 0.495. The second-order valence-electron chi connectivity index (χ2n) is 9.70. The number of piperidine rings is 1. The Morgan fingerprint density at radius 2 is 1.92 bits per heavy atom. The fraction of sp³-hybridized carbons (Fsp3) is 0.560. The van der Waals surface area contributed by atoms with E-state index in [1.165, 1.54) is 23.5 Å². The van der Waals surface area contributed by atoms with E-state index in [0.29, 0.717) is 49.8 Å². The van der Waals surface area contributed by atoms with E-state index >= 15 is 0 Å². The Kier molecular flexibility index (Phi) is 8.20. The molecule has 5 rings (SSSR count). The highest BCUT2D eigenvalue weighted by Gasteiger charge is 2.36. The van der Waals surface area contributed by atoms with Crippen LogP contribution in [0.15, 0.2) is 40.5 Å². The van der Waals surface area contributed by atoms with Crippen molar-refractivity contribution in [3.63, 3.8) is 0 Å². The van der Waals surface area contributed by atoms with Gasteiger partial charge in [-0.05, 0) is 44.9 Å². The van der Waals surface area contributed by atoms with Crippen LogP contribution in [0.4, 0.5) is 5.13 Å². The number of ether oxygens (including phenoxy) is 2. The number of aromatic nitrogens is 1. The Labute approximate surface area is 220 Å². The summed E-state index contributed by atoms with van der Waals surface area (Å²) in [7, 11) is -1.21. The molecule has 10 nitrogen and oxygen atoms in total. The highest BCUT2D eigenvalue weighted by Crippen LogP contribution is 2.33. The van der Waals surface area contributed by atoms with Crippen molar-refractivity contribution in [2.75, 3.05) is 38.7 Å². The van der Waals surface area contributed by atoms with E-state index in [9.17, 15) is 13.2 Å². The molecule has 1 amide bonds. The molecule has 1 aromatic heterocycles. The largest absolute Gasteiger partial charge is 0.389 e. The van der Waals surface area contributed by atoms with Gasteiger partial charge in [0, 0.05) is 31.3 Å². The van der Waals surface area contributed by atoms with Crippen LogP contribution < -0.4 is 5.32 Å². The predicted molar refractivity (Wildman–Crippen MR) is 140 cm³/mol. The lowest BCUT2D eigenvalue weighted by atomic mass is 10.1. The van der Waals surface area contributed by atoms with Crippen molar-refractivity contribution in [1.29, 1.82) is 0 Å². The van der Waals surface area contributed by atoms with Crippen molar-refractivity contribution in [3.05, 3.63) is 40.9 Å². The van der Waals surface area contributed by atoms with Gasteiger partial charge in [0.1, 0.15) is 0 Å². The molecule has 3 fully saturated rings. The van der Waals surface area contributed by atoms with Gasteiger partial charge in [0.15, 0.2) is 26.8 Å². The van der Waals surface area contributed by atoms with Crippen LogP contribution in [0.3, 0.4) is 0 Å². The van der Waals surface area contributed by atoms with E-state index in [-0.39, 0.29) is 28.1 Å². The van der Waals surface area contributed by atoms with Crippen LogP contribution in [-0.2, 0) is 35.5 Å². The molecule has 1 atom stereocenters. The molecule has 12 heteroatoms. The summed E-state index contributed by atoms with van der Waals surface area (Å²) < 4.78 is 36.5. The van der Waals surface area contributed by atoms with E-state index in [1.54, 1.807) is 18.3 Å². The first kappa shape index (κ1) is 26.2. The number of carbonyl (C=O) groups is 1. The lowest BCUT2D eigenvalue weighted by molar-refractivity contribution is -0.110. The van der Waals surface area contributed by atoms with E-state index in [1.807, 2.05) is 0 Å². The number of anilines is 1. The minimum atomic E-state index is -3.33. The zero-order valence-electron chi connectivity index (χ0n) is 20.8. The van der Waals surface area contributed by atoms with Gasteiger partial charge in [-0.1, -0.05) is 28.6 Å². The number of thiazole rings is 1. The summed E-state index contributed by atoms with van der Waals surface area (Å²) in [6.45, 7) is 3.49. The van der Waals surface area contributed by atoms with Crippen molar-refractivity contribution in [2.45, 2.75) is 61.1 Å². The van der Waals surface area contributed by atoms with E-state index in [4.69, 9.17) is 14.3 Å². The summed E-state index contributed by atoms with van der Waals surface area (Å²) in [4.78, 5) is 26.6. The van der Waals surface area contributed by atoms with Crippen molar-refractivity contribution < 1.29 is 27.5 Å². The smallest absolute Gasteiger partial charge is 0.280 e. The number of rotatable bonds is 10. The van der Waals surface area contributed by atoms with Crippen LogP contribution in [0.25, 0.3) is 0 Å². The van der Waals surface area contributed by atoms with Crippen LogP contribution in [0.1, 0.15) is 42.5 Å². The van der Waals surface area contributed by atoms with Crippen LogP contribution in [0.2, 0.25) is 0 Å². The topological polar surface area (TPSA) is 119 Å². The zero-order chi connectivity index (χ0) is 25.8. The van der Waals surface area contributed by atoms with Crippen molar-refractivity contribution in [2.24, 2.45) is 5.16 Å². The van der Waals surface area contributed by atoms with Crippen LogP contribution in [0, 0.1) is 0 Å². The number of hydrogen-bond donors (Lipinski definition) is 1. The number of amides is 1. The lowest BCUT2D eigenvalue weighted by Crippen LogP contribution is -2.34. The molecule has 2 saturated heterocycles. The summed E-state index contributed by atoms with van der Waals surface area (Å²) in [6.07, 6.45) is 5.78. The number of carbonyl (C=O) groups excluding carboxylic acids is 1. The van der Waals surface area contributed by atoms with E-state index in [2.05, 4.69) is 27.4 Å². The molecule has 0 unspecified atom stereocenters. The molecule has 1 aromatic carbocycles. The maximum Gasteiger partial charge on any atom is 0.280 e. The van der Waals surface area contributed by atoms with Crippen LogP contribution in [0.5, 0.6) is 0 Å². The number of benzene rings is 1. The fourth-order valence-corrected chi connectivity index (χ4v) is 6.65. The molecule has 0 spiro atoms. The summed E-state index contributed by atoms with van der Waals surface area (Å²) >= 11 is 1.35. The molecule has 3 heterocycles. The number of sulfone groups is 1. The van der Waals surface area contributed by atoms with E-state index < -0.39 is 15.7 Å². The van der Waals surface area contributed by atoms with Gasteiger partial charge in [0.25, 0.3) is 5.91 Å². The molecule has 2 aliphatic heterocycles. The van der Waals surface area contributed by atoms with Crippen molar-refractivity contribution in [1.82, 2.24) is 9.88 Å². The minimum absolute atomic E-state index is 0.0431. The minimum Gasteiger partial charge on any atom is -0.389 e. The quantitative estimate of drug-likeness (QED) is 0.356. The summed E-state index contributed by atoms with van der Waals surface area (Å²) in [6, 6.07) is 6.22. The van der Waals surface area contributed by atoms with Gasteiger partial charge in [-0.2, -0.15) is 0 Å². The molecule has 37 heavy (non-hydrogen) atoms. The van der Waals surface area contributed by atoms with Crippen molar-refractivity contribution >= 4 is 37.9 Å². The van der Waals surface area contributed by atoms with Gasteiger partial charge in [-0.15, -0.1) is 0 Å². The number of hydrogen-bond acceptors (Lipinski definition) is 10. The highest BCUT2D eigenvalue weighted by molar-refractivity contribution is 7.92. The lowest BCUT2D eigenvalue weighted by Gasteiger charge is -2.28. The third kappa shape index (κ3) is 6.74. The van der Waals surface area contributed by atoms with Gasteiger partial charge < -0.3 is 19.2 Å². The van der Waals surface area contributed by atoms with Crippen molar-refractivity contribution in [3.8, 4) is 0 Å². The molecule has 0 radical (unpaired) electrons. The molecule has 1 N–H and O–H groups in total. The van der Waals surface area contributed by atoms with Gasteiger partial charge in [0.05, 0.1) is 40.9 Å².